The average molecular weight is 311 g/mol. The van der Waals surface area contributed by atoms with Crippen molar-refractivity contribution in [3.8, 4) is 5.69 Å². The largest absolute Gasteiger partial charge is 0.396 e. The van der Waals surface area contributed by atoms with Gasteiger partial charge >= 0.3 is 0 Å². The molecule has 0 saturated carbocycles. The van der Waals surface area contributed by atoms with Crippen LogP contribution in [0, 0.1) is 19.8 Å². The Labute approximate surface area is 135 Å². The van der Waals surface area contributed by atoms with Crippen LogP contribution in [0.3, 0.4) is 0 Å². The quantitative estimate of drug-likeness (QED) is 0.850. The lowest BCUT2D eigenvalue weighted by molar-refractivity contribution is 0.0940. The zero-order valence-corrected chi connectivity index (χ0v) is 13.4. The van der Waals surface area contributed by atoms with Crippen molar-refractivity contribution in [3.63, 3.8) is 0 Å². The summed E-state index contributed by atoms with van der Waals surface area (Å²) in [5.74, 6) is 0.00617. The summed E-state index contributed by atoms with van der Waals surface area (Å²) in [6, 6.07) is 7.93. The van der Waals surface area contributed by atoms with E-state index in [2.05, 4.69) is 10.4 Å². The Morgan fingerprint density at radius 3 is 2.83 bits per heavy atom. The third-order valence-corrected chi connectivity index (χ3v) is 4.32. The van der Waals surface area contributed by atoms with Crippen LogP contribution in [0.25, 0.3) is 5.69 Å². The van der Waals surface area contributed by atoms with Gasteiger partial charge < -0.3 is 10.4 Å². The van der Waals surface area contributed by atoms with Crippen LogP contribution in [-0.4, -0.2) is 33.4 Å². The molecule has 5 heteroatoms. The fraction of sp³-hybridized carbons (Fsp3) is 0.333. The summed E-state index contributed by atoms with van der Waals surface area (Å²) in [5, 5.41) is 16.5. The number of amides is 1. The third kappa shape index (κ3) is 3.05. The molecule has 1 heterocycles. The number of aromatic nitrogens is 2. The molecule has 2 atom stereocenters. The van der Waals surface area contributed by atoms with Gasteiger partial charge in [0.05, 0.1) is 23.1 Å². The van der Waals surface area contributed by atoms with E-state index in [1.165, 1.54) is 0 Å². The van der Waals surface area contributed by atoms with Gasteiger partial charge in [-0.05, 0) is 31.9 Å². The summed E-state index contributed by atoms with van der Waals surface area (Å²) in [5.41, 5.74) is 3.48. The van der Waals surface area contributed by atoms with Gasteiger partial charge in [-0.3, -0.25) is 4.79 Å². The molecule has 0 fully saturated rings. The third-order valence-electron chi connectivity index (χ3n) is 4.32. The molecule has 0 spiro atoms. The van der Waals surface area contributed by atoms with E-state index in [0.717, 1.165) is 23.4 Å². The number of aliphatic hydroxyl groups excluding tert-OH is 1. The van der Waals surface area contributed by atoms with Crippen LogP contribution in [-0.2, 0) is 0 Å². The first-order valence-corrected chi connectivity index (χ1v) is 7.81. The zero-order chi connectivity index (χ0) is 16.4. The van der Waals surface area contributed by atoms with Crippen LogP contribution in [0.2, 0.25) is 0 Å². The molecular weight excluding hydrogens is 290 g/mol. The van der Waals surface area contributed by atoms with Crippen LogP contribution >= 0.6 is 0 Å². The lowest BCUT2D eigenvalue weighted by Gasteiger charge is -2.13. The standard InChI is InChI=1S/C18H21N3O2/c1-12-5-3-4-6-17(12)21-13(2)16(10-19-21)18(23)20-15-8-7-14(9-15)11-22/h3-8,10,14-15,22H,9,11H2,1-2H3,(H,20,23)/t14-,15+/m0/s1. The Morgan fingerprint density at radius 1 is 1.35 bits per heavy atom. The highest BCUT2D eigenvalue weighted by atomic mass is 16.3. The summed E-state index contributed by atoms with van der Waals surface area (Å²) in [6.45, 7) is 4.04. The maximum Gasteiger partial charge on any atom is 0.255 e. The van der Waals surface area contributed by atoms with Gasteiger partial charge in [-0.2, -0.15) is 5.10 Å². The van der Waals surface area contributed by atoms with E-state index in [1.807, 2.05) is 50.3 Å². The van der Waals surface area contributed by atoms with E-state index in [-0.39, 0.29) is 24.5 Å². The van der Waals surface area contributed by atoms with E-state index < -0.39 is 0 Å². The molecule has 2 aromatic rings. The van der Waals surface area contributed by atoms with E-state index in [9.17, 15) is 4.79 Å². The van der Waals surface area contributed by atoms with Crippen LogP contribution in [0.15, 0.2) is 42.6 Å². The average Bonchev–Trinajstić information content (AvgIpc) is 3.14. The number of hydrogen-bond donors (Lipinski definition) is 2. The number of nitrogens with zero attached hydrogens (tertiary/aromatic N) is 2. The molecule has 1 amide bonds. The number of carbonyl (C=O) groups excluding carboxylic acids is 1. The van der Waals surface area contributed by atoms with Crippen molar-refractivity contribution in [3.05, 3.63) is 59.4 Å². The highest BCUT2D eigenvalue weighted by molar-refractivity contribution is 5.95. The summed E-state index contributed by atoms with van der Waals surface area (Å²) >= 11 is 0. The molecule has 5 nitrogen and oxygen atoms in total. The van der Waals surface area contributed by atoms with Gasteiger partial charge in [0.15, 0.2) is 0 Å². The Bertz CT molecular complexity index is 748. The number of rotatable bonds is 4. The molecule has 3 rings (SSSR count). The van der Waals surface area contributed by atoms with Crippen molar-refractivity contribution in [1.29, 1.82) is 0 Å². The predicted molar refractivity (Wildman–Crippen MR) is 88.6 cm³/mol. The number of nitrogens with one attached hydrogen (secondary N) is 1. The molecule has 120 valence electrons. The number of carbonyl (C=O) groups is 1. The molecule has 0 radical (unpaired) electrons. The van der Waals surface area contributed by atoms with Crippen LogP contribution in [0.1, 0.15) is 28.0 Å². The number of para-hydroxylation sites is 1. The maximum atomic E-state index is 12.5. The molecule has 1 aromatic carbocycles. The van der Waals surface area contributed by atoms with E-state index in [0.29, 0.717) is 5.56 Å². The first kappa shape index (κ1) is 15.5. The van der Waals surface area contributed by atoms with Gasteiger partial charge in [0.2, 0.25) is 0 Å². The molecule has 2 N–H and O–H groups in total. The minimum Gasteiger partial charge on any atom is -0.396 e. The summed E-state index contributed by atoms with van der Waals surface area (Å²) in [6.07, 6.45) is 6.25. The first-order chi connectivity index (χ1) is 11.1. The van der Waals surface area contributed by atoms with Crippen molar-refractivity contribution >= 4 is 5.91 Å². The van der Waals surface area contributed by atoms with Gasteiger partial charge in [-0.15, -0.1) is 0 Å². The second kappa shape index (κ2) is 6.38. The van der Waals surface area contributed by atoms with Crippen molar-refractivity contribution in [2.75, 3.05) is 6.61 Å². The summed E-state index contributed by atoms with van der Waals surface area (Å²) in [4.78, 5) is 12.5. The van der Waals surface area contributed by atoms with E-state index in [1.54, 1.807) is 10.9 Å². The number of hydrogen-bond acceptors (Lipinski definition) is 3. The van der Waals surface area contributed by atoms with Crippen LogP contribution in [0.4, 0.5) is 0 Å². The molecule has 0 saturated heterocycles. The summed E-state index contributed by atoms with van der Waals surface area (Å²) < 4.78 is 1.80. The Hall–Kier alpha value is -2.40. The molecule has 0 aliphatic heterocycles. The first-order valence-electron chi connectivity index (χ1n) is 7.81. The molecule has 1 aliphatic carbocycles. The second-order valence-corrected chi connectivity index (χ2v) is 5.99. The number of aryl methyl sites for hydroxylation is 1. The van der Waals surface area contributed by atoms with E-state index >= 15 is 0 Å². The van der Waals surface area contributed by atoms with Crippen LogP contribution in [0.5, 0.6) is 0 Å². The van der Waals surface area contributed by atoms with Crippen molar-refractivity contribution in [2.24, 2.45) is 5.92 Å². The molecule has 23 heavy (non-hydrogen) atoms. The van der Waals surface area contributed by atoms with Gasteiger partial charge in [0.1, 0.15) is 0 Å². The Kier molecular flexibility index (Phi) is 4.30. The molecule has 1 aliphatic rings. The Morgan fingerprint density at radius 2 is 2.13 bits per heavy atom. The molecule has 0 unspecified atom stereocenters. The Balaban J connectivity index is 1.78. The van der Waals surface area contributed by atoms with Crippen molar-refractivity contribution < 1.29 is 9.90 Å². The van der Waals surface area contributed by atoms with Gasteiger partial charge in [0.25, 0.3) is 5.91 Å². The maximum absolute atomic E-state index is 12.5. The minimum atomic E-state index is -0.129. The molecule has 1 aromatic heterocycles. The van der Waals surface area contributed by atoms with Gasteiger partial charge in [0, 0.05) is 18.6 Å². The number of aliphatic hydroxyl groups is 1. The summed E-state index contributed by atoms with van der Waals surface area (Å²) in [7, 11) is 0. The fourth-order valence-electron chi connectivity index (χ4n) is 2.94. The van der Waals surface area contributed by atoms with Gasteiger partial charge in [-0.1, -0.05) is 30.4 Å². The molecule has 0 bridgehead atoms. The highest BCUT2D eigenvalue weighted by Crippen LogP contribution is 2.20. The lowest BCUT2D eigenvalue weighted by atomic mass is 10.1. The molecular formula is C18H21N3O2. The normalized spacial score (nSPS) is 20.0. The SMILES string of the molecule is Cc1ccccc1-n1ncc(C(=O)N[C@@H]2C=C[C@H](CO)C2)c1C. The predicted octanol–water partition coefficient (Wildman–Crippen LogP) is 2.16. The van der Waals surface area contributed by atoms with Crippen LogP contribution < -0.4 is 5.32 Å². The van der Waals surface area contributed by atoms with Gasteiger partial charge in [-0.25, -0.2) is 4.68 Å². The smallest absolute Gasteiger partial charge is 0.255 e. The zero-order valence-electron chi connectivity index (χ0n) is 13.4. The lowest BCUT2D eigenvalue weighted by Crippen LogP contribution is -2.33. The minimum absolute atomic E-state index is 0.0270. The monoisotopic (exact) mass is 311 g/mol. The van der Waals surface area contributed by atoms with Crippen molar-refractivity contribution in [2.45, 2.75) is 26.3 Å². The fourth-order valence-corrected chi connectivity index (χ4v) is 2.94. The van der Waals surface area contributed by atoms with Crippen molar-refractivity contribution in [1.82, 2.24) is 15.1 Å². The van der Waals surface area contributed by atoms with E-state index in [4.69, 9.17) is 5.11 Å². The topological polar surface area (TPSA) is 67.2 Å². The number of benzene rings is 1. The highest BCUT2D eigenvalue weighted by Gasteiger charge is 2.22. The second-order valence-electron chi connectivity index (χ2n) is 5.99.